The van der Waals surface area contributed by atoms with Gasteiger partial charge in [0.1, 0.15) is 0 Å². The zero-order valence-corrected chi connectivity index (χ0v) is 6.59. The lowest BCUT2D eigenvalue weighted by Crippen LogP contribution is -2.00. The molecule has 0 spiro atoms. The predicted octanol–water partition coefficient (Wildman–Crippen LogP) is 1.01. The number of nitrogens with zero attached hydrogens (tertiary/aromatic N) is 2. The Hall–Kier alpha value is -1.16. The van der Waals surface area contributed by atoms with Crippen molar-refractivity contribution in [2.75, 3.05) is 5.32 Å². The molecule has 0 bridgehead atoms. The van der Waals surface area contributed by atoms with Gasteiger partial charge in [0.05, 0.1) is 0 Å². The maximum absolute atomic E-state index is 10.00. The minimum absolute atomic E-state index is 0.318. The van der Waals surface area contributed by atoms with Gasteiger partial charge in [0.15, 0.2) is 11.0 Å². The second-order valence-electron chi connectivity index (χ2n) is 1.96. The van der Waals surface area contributed by atoms with Gasteiger partial charge in [-0.3, -0.25) is 4.79 Å². The summed E-state index contributed by atoms with van der Waals surface area (Å²) < 4.78 is 0. The molecule has 58 valence electrons. The molecular weight excluding hydrogens is 166 g/mol. The van der Waals surface area contributed by atoms with Crippen LogP contribution in [0.15, 0.2) is 6.07 Å². The van der Waals surface area contributed by atoms with E-state index >= 15 is 0 Å². The molecule has 0 saturated heterocycles. The molecule has 0 radical (unpaired) electrons. The Labute approximate surface area is 68.6 Å². The topological polar surface area (TPSA) is 54.9 Å². The quantitative estimate of drug-likeness (QED) is 0.676. The molecule has 0 fully saturated rings. The first-order valence-corrected chi connectivity index (χ1v) is 3.32. The van der Waals surface area contributed by atoms with Crippen molar-refractivity contribution in [1.82, 2.24) is 10.2 Å². The van der Waals surface area contributed by atoms with E-state index in [0.29, 0.717) is 17.4 Å². The van der Waals surface area contributed by atoms with Gasteiger partial charge in [0.25, 0.3) is 0 Å². The van der Waals surface area contributed by atoms with Crippen molar-refractivity contribution in [3.63, 3.8) is 0 Å². The molecule has 0 saturated carbocycles. The number of rotatable bonds is 2. The number of aromatic nitrogens is 2. The average molecular weight is 172 g/mol. The van der Waals surface area contributed by atoms with Crippen LogP contribution in [0.3, 0.4) is 0 Å². The largest absolute Gasteiger partial charge is 0.312 e. The summed E-state index contributed by atoms with van der Waals surface area (Å²) in [5, 5.41) is 9.90. The lowest BCUT2D eigenvalue weighted by atomic mass is 10.3. The third-order valence-corrected chi connectivity index (χ3v) is 1.34. The number of carbonyl (C=O) groups excluding carboxylic acids is 1. The van der Waals surface area contributed by atoms with Crippen LogP contribution in [0.4, 0.5) is 5.82 Å². The molecule has 4 nitrogen and oxygen atoms in total. The summed E-state index contributed by atoms with van der Waals surface area (Å²) in [6, 6.07) is 1.63. The highest BCUT2D eigenvalue weighted by Crippen LogP contribution is 2.12. The molecule has 1 rings (SSSR count). The van der Waals surface area contributed by atoms with Gasteiger partial charge in [-0.05, 0) is 18.6 Å². The Kier molecular flexibility index (Phi) is 2.38. The molecule has 1 amide bonds. The van der Waals surface area contributed by atoms with Crippen LogP contribution in [0.5, 0.6) is 0 Å². The first-order valence-electron chi connectivity index (χ1n) is 2.94. The van der Waals surface area contributed by atoms with Crippen LogP contribution in [-0.2, 0) is 4.79 Å². The molecule has 0 aliphatic heterocycles. The van der Waals surface area contributed by atoms with E-state index in [1.165, 1.54) is 0 Å². The first-order chi connectivity index (χ1) is 5.24. The summed E-state index contributed by atoms with van der Waals surface area (Å²) in [7, 11) is 0. The van der Waals surface area contributed by atoms with Crippen molar-refractivity contribution in [2.24, 2.45) is 0 Å². The Bertz CT molecular complexity index is 277. The summed E-state index contributed by atoms with van der Waals surface area (Å²) >= 11 is 5.53. The summed E-state index contributed by atoms with van der Waals surface area (Å²) in [6.07, 6.45) is 0.547. The van der Waals surface area contributed by atoms with Crippen LogP contribution in [0.25, 0.3) is 0 Å². The van der Waals surface area contributed by atoms with Crippen molar-refractivity contribution in [3.05, 3.63) is 16.8 Å². The monoisotopic (exact) mass is 171 g/mol. The number of carbonyl (C=O) groups is 1. The van der Waals surface area contributed by atoms with Gasteiger partial charge in [-0.25, -0.2) is 0 Å². The number of amides is 1. The van der Waals surface area contributed by atoms with Gasteiger partial charge in [0.2, 0.25) is 6.41 Å². The Morgan fingerprint density at radius 2 is 2.36 bits per heavy atom. The van der Waals surface area contributed by atoms with Gasteiger partial charge < -0.3 is 5.32 Å². The molecule has 0 aliphatic carbocycles. The number of anilines is 1. The zero-order chi connectivity index (χ0) is 8.27. The van der Waals surface area contributed by atoms with Crippen molar-refractivity contribution in [3.8, 4) is 0 Å². The average Bonchev–Trinajstić information content (AvgIpc) is 1.95. The maximum Gasteiger partial charge on any atom is 0.212 e. The van der Waals surface area contributed by atoms with Gasteiger partial charge in [-0.15, -0.1) is 10.2 Å². The van der Waals surface area contributed by atoms with E-state index in [-0.39, 0.29) is 0 Å². The van der Waals surface area contributed by atoms with Gasteiger partial charge in [-0.1, -0.05) is 11.6 Å². The predicted molar refractivity (Wildman–Crippen MR) is 41.5 cm³/mol. The van der Waals surface area contributed by atoms with E-state index in [2.05, 4.69) is 15.5 Å². The summed E-state index contributed by atoms with van der Waals surface area (Å²) in [5.74, 6) is 0.435. The van der Waals surface area contributed by atoms with Crippen molar-refractivity contribution in [1.29, 1.82) is 0 Å². The Morgan fingerprint density at radius 1 is 1.64 bits per heavy atom. The fourth-order valence-corrected chi connectivity index (χ4v) is 0.852. The number of hydrogen-bond acceptors (Lipinski definition) is 3. The van der Waals surface area contributed by atoms with Crippen LogP contribution in [-0.4, -0.2) is 16.6 Å². The number of aryl methyl sites for hydroxylation is 1. The zero-order valence-electron chi connectivity index (χ0n) is 5.84. The molecular formula is C6H6ClN3O. The molecule has 1 aromatic rings. The minimum Gasteiger partial charge on any atom is -0.312 e. The van der Waals surface area contributed by atoms with Crippen molar-refractivity contribution in [2.45, 2.75) is 6.92 Å². The highest BCUT2D eigenvalue weighted by molar-refractivity contribution is 6.29. The van der Waals surface area contributed by atoms with Gasteiger partial charge >= 0.3 is 0 Å². The van der Waals surface area contributed by atoms with Crippen LogP contribution >= 0.6 is 11.6 Å². The molecule has 5 heteroatoms. The van der Waals surface area contributed by atoms with E-state index < -0.39 is 0 Å². The van der Waals surface area contributed by atoms with Gasteiger partial charge in [0, 0.05) is 0 Å². The van der Waals surface area contributed by atoms with E-state index in [1.807, 2.05) is 0 Å². The lowest BCUT2D eigenvalue weighted by Gasteiger charge is -1.99. The molecule has 0 aromatic carbocycles. The standard InChI is InChI=1S/C6H6ClN3O/c1-4-2-5(7)9-10-6(4)8-3-11/h2-3H,1H3,(H,8,10,11). The molecule has 1 heterocycles. The van der Waals surface area contributed by atoms with Crippen LogP contribution in [0.1, 0.15) is 5.56 Å². The normalized spacial score (nSPS) is 9.27. The summed E-state index contributed by atoms with van der Waals surface area (Å²) in [4.78, 5) is 10.00. The van der Waals surface area contributed by atoms with E-state index in [1.54, 1.807) is 13.0 Å². The second-order valence-corrected chi connectivity index (χ2v) is 2.35. The highest BCUT2D eigenvalue weighted by atomic mass is 35.5. The van der Waals surface area contributed by atoms with E-state index in [0.717, 1.165) is 5.56 Å². The smallest absolute Gasteiger partial charge is 0.212 e. The second kappa shape index (κ2) is 3.30. The summed E-state index contributed by atoms with van der Waals surface area (Å²) in [6.45, 7) is 1.78. The summed E-state index contributed by atoms with van der Waals surface area (Å²) in [5.41, 5.74) is 0.789. The molecule has 0 unspecified atom stereocenters. The van der Waals surface area contributed by atoms with Crippen LogP contribution in [0.2, 0.25) is 5.15 Å². The first kappa shape index (κ1) is 7.94. The lowest BCUT2D eigenvalue weighted by molar-refractivity contribution is -0.105. The van der Waals surface area contributed by atoms with E-state index in [9.17, 15) is 4.79 Å². The molecule has 1 N–H and O–H groups in total. The molecule has 0 aliphatic rings. The highest BCUT2D eigenvalue weighted by Gasteiger charge is 1.99. The minimum atomic E-state index is 0.318. The van der Waals surface area contributed by atoms with Crippen LogP contribution < -0.4 is 5.32 Å². The fourth-order valence-electron chi connectivity index (χ4n) is 0.651. The Morgan fingerprint density at radius 3 is 2.91 bits per heavy atom. The molecule has 0 atom stereocenters. The third kappa shape index (κ3) is 1.88. The SMILES string of the molecule is Cc1cc(Cl)nnc1NC=O. The van der Waals surface area contributed by atoms with Crippen molar-refractivity contribution >= 4 is 23.8 Å². The number of halogens is 1. The number of hydrogen-bond donors (Lipinski definition) is 1. The third-order valence-electron chi connectivity index (χ3n) is 1.15. The van der Waals surface area contributed by atoms with Crippen LogP contribution in [0, 0.1) is 6.92 Å². The van der Waals surface area contributed by atoms with Gasteiger partial charge in [-0.2, -0.15) is 0 Å². The Balaban J connectivity index is 2.98. The molecule has 1 aromatic heterocycles. The maximum atomic E-state index is 10.00. The number of nitrogens with one attached hydrogen (secondary N) is 1. The van der Waals surface area contributed by atoms with E-state index in [4.69, 9.17) is 11.6 Å². The van der Waals surface area contributed by atoms with Crippen molar-refractivity contribution < 1.29 is 4.79 Å². The fraction of sp³-hybridized carbons (Fsp3) is 0.167. The molecule has 11 heavy (non-hydrogen) atoms.